The largest absolute Gasteiger partial charge is 0.297 e. The van der Waals surface area contributed by atoms with Gasteiger partial charge in [-0.1, -0.05) is 27.7 Å². The molecule has 1 rings (SSSR count). The number of ketones is 2. The van der Waals surface area contributed by atoms with Gasteiger partial charge in [0.05, 0.1) is 10.8 Å². The van der Waals surface area contributed by atoms with Crippen molar-refractivity contribution in [3.63, 3.8) is 0 Å². The molecule has 14 heavy (non-hydrogen) atoms. The van der Waals surface area contributed by atoms with Crippen LogP contribution >= 0.6 is 0 Å². The molecule has 0 bridgehead atoms. The molecule has 80 valence electrons. The van der Waals surface area contributed by atoms with E-state index < -0.39 is 10.8 Å². The summed E-state index contributed by atoms with van der Waals surface area (Å²) in [5.41, 5.74) is -1.24. The van der Waals surface area contributed by atoms with Gasteiger partial charge in [-0.15, -0.1) is 0 Å². The molecule has 0 N–H and O–H groups in total. The van der Waals surface area contributed by atoms with Crippen molar-refractivity contribution in [1.82, 2.24) is 0 Å². The van der Waals surface area contributed by atoms with Crippen LogP contribution in [0.1, 0.15) is 53.4 Å². The second-order valence-corrected chi connectivity index (χ2v) is 4.24. The van der Waals surface area contributed by atoms with E-state index in [9.17, 15) is 9.59 Å². The summed E-state index contributed by atoms with van der Waals surface area (Å²) in [6, 6.07) is 0. The molecule has 0 aliphatic heterocycles. The summed E-state index contributed by atoms with van der Waals surface area (Å²) in [5, 5.41) is 0. The third-order valence-electron chi connectivity index (χ3n) is 4.15. The zero-order valence-corrected chi connectivity index (χ0v) is 9.64. The van der Waals surface area contributed by atoms with Crippen LogP contribution in [0.5, 0.6) is 0 Å². The van der Waals surface area contributed by atoms with Crippen LogP contribution in [0.2, 0.25) is 0 Å². The fourth-order valence-electron chi connectivity index (χ4n) is 2.84. The van der Waals surface area contributed by atoms with E-state index in [0.717, 1.165) is 0 Å². The highest BCUT2D eigenvalue weighted by atomic mass is 16.2. The fourth-order valence-corrected chi connectivity index (χ4v) is 2.84. The minimum absolute atomic E-state index is 0.199. The van der Waals surface area contributed by atoms with Crippen LogP contribution in [-0.4, -0.2) is 11.6 Å². The van der Waals surface area contributed by atoms with Gasteiger partial charge in [-0.2, -0.15) is 0 Å². The summed E-state index contributed by atoms with van der Waals surface area (Å²) >= 11 is 0. The molecule has 1 aliphatic rings. The third-order valence-corrected chi connectivity index (χ3v) is 4.15. The zero-order chi connectivity index (χ0) is 11.0. The summed E-state index contributed by atoms with van der Waals surface area (Å²) in [6.45, 7) is 7.76. The first kappa shape index (κ1) is 11.4. The molecule has 2 nitrogen and oxygen atoms in total. The van der Waals surface area contributed by atoms with Crippen molar-refractivity contribution in [2.75, 3.05) is 0 Å². The predicted molar refractivity (Wildman–Crippen MR) is 56.0 cm³/mol. The van der Waals surface area contributed by atoms with E-state index in [1.54, 1.807) is 0 Å². The first-order valence-corrected chi connectivity index (χ1v) is 5.65. The van der Waals surface area contributed by atoms with Crippen LogP contribution in [0.15, 0.2) is 0 Å². The Morgan fingerprint density at radius 2 is 0.929 bits per heavy atom. The Hall–Kier alpha value is -0.660. The molecule has 1 fully saturated rings. The minimum atomic E-state index is -0.619. The third kappa shape index (κ3) is 0.971. The van der Waals surface area contributed by atoms with Crippen molar-refractivity contribution >= 4 is 11.6 Å². The van der Waals surface area contributed by atoms with Crippen LogP contribution in [-0.2, 0) is 9.59 Å². The van der Waals surface area contributed by atoms with Crippen molar-refractivity contribution in [2.24, 2.45) is 10.8 Å². The smallest absolute Gasteiger partial charge is 0.159 e. The van der Waals surface area contributed by atoms with E-state index in [4.69, 9.17) is 0 Å². The van der Waals surface area contributed by atoms with E-state index in [2.05, 4.69) is 0 Å². The maximum atomic E-state index is 12.1. The summed E-state index contributed by atoms with van der Waals surface area (Å²) in [7, 11) is 0. The van der Waals surface area contributed by atoms with Gasteiger partial charge in [0.1, 0.15) is 0 Å². The van der Waals surface area contributed by atoms with Gasteiger partial charge >= 0.3 is 0 Å². The maximum Gasteiger partial charge on any atom is 0.159 e. The molecule has 0 aromatic rings. The molecular formula is C12H20O2. The lowest BCUT2D eigenvalue weighted by Crippen LogP contribution is -2.65. The zero-order valence-electron chi connectivity index (χ0n) is 9.64. The summed E-state index contributed by atoms with van der Waals surface area (Å²) in [6.07, 6.45) is 2.68. The van der Waals surface area contributed by atoms with Gasteiger partial charge in [0.25, 0.3) is 0 Å². The lowest BCUT2D eigenvalue weighted by atomic mass is 9.47. The first-order chi connectivity index (χ1) is 6.55. The first-order valence-electron chi connectivity index (χ1n) is 5.65. The molecule has 0 amide bonds. The van der Waals surface area contributed by atoms with Crippen molar-refractivity contribution < 1.29 is 9.59 Å². The molecule has 0 aromatic carbocycles. The second-order valence-electron chi connectivity index (χ2n) is 4.24. The average molecular weight is 196 g/mol. The monoisotopic (exact) mass is 196 g/mol. The van der Waals surface area contributed by atoms with Gasteiger partial charge in [-0.25, -0.2) is 0 Å². The Balaban J connectivity index is 3.05. The topological polar surface area (TPSA) is 34.1 Å². The highest BCUT2D eigenvalue weighted by molar-refractivity contribution is 6.30. The van der Waals surface area contributed by atoms with Gasteiger partial charge in [-0.05, 0) is 25.7 Å². The summed E-state index contributed by atoms with van der Waals surface area (Å²) in [5.74, 6) is 0.398. The summed E-state index contributed by atoms with van der Waals surface area (Å²) in [4.78, 5) is 24.2. The van der Waals surface area contributed by atoms with Crippen LogP contribution in [0, 0.1) is 10.8 Å². The molecule has 0 spiro atoms. The number of Topliss-reactive ketones (excluding diaryl/α,β-unsaturated/α-hetero) is 2. The molecule has 0 unspecified atom stereocenters. The molecule has 0 atom stereocenters. The Labute approximate surface area is 86.1 Å². The Morgan fingerprint density at radius 3 is 1.07 bits per heavy atom. The molecule has 2 heteroatoms. The number of hydrogen-bond donors (Lipinski definition) is 0. The molecule has 0 radical (unpaired) electrons. The van der Waals surface area contributed by atoms with E-state index in [-0.39, 0.29) is 11.6 Å². The molecule has 1 aliphatic carbocycles. The van der Waals surface area contributed by atoms with Crippen molar-refractivity contribution in [3.8, 4) is 0 Å². The highest BCUT2D eigenvalue weighted by Gasteiger charge is 2.67. The van der Waals surface area contributed by atoms with Gasteiger partial charge in [0.2, 0.25) is 0 Å². The van der Waals surface area contributed by atoms with E-state index >= 15 is 0 Å². The standard InChI is InChI=1S/C12H20O2/c1-5-11(6-2)9(13)12(7-3,8-4)10(11)14/h5-8H2,1-4H3. The molecule has 0 saturated heterocycles. The van der Waals surface area contributed by atoms with Crippen molar-refractivity contribution in [2.45, 2.75) is 53.4 Å². The number of carbonyl (C=O) groups excluding carboxylic acids is 2. The second kappa shape index (κ2) is 3.48. The van der Waals surface area contributed by atoms with E-state index in [1.165, 1.54) is 0 Å². The molecule has 0 aromatic heterocycles. The Kier molecular flexibility index (Phi) is 2.84. The van der Waals surface area contributed by atoms with Gasteiger partial charge < -0.3 is 0 Å². The normalized spacial score (nSPS) is 23.4. The lowest BCUT2D eigenvalue weighted by molar-refractivity contribution is -0.173. The van der Waals surface area contributed by atoms with Crippen LogP contribution < -0.4 is 0 Å². The van der Waals surface area contributed by atoms with Crippen LogP contribution in [0.4, 0.5) is 0 Å². The van der Waals surface area contributed by atoms with E-state index in [0.29, 0.717) is 25.7 Å². The molecule has 1 saturated carbocycles. The average Bonchev–Trinajstić information content (AvgIpc) is 2.23. The number of rotatable bonds is 4. The lowest BCUT2D eigenvalue weighted by Gasteiger charge is -2.51. The fraction of sp³-hybridized carbons (Fsp3) is 0.833. The van der Waals surface area contributed by atoms with Crippen LogP contribution in [0.3, 0.4) is 0 Å². The Bertz CT molecular complexity index is 213. The van der Waals surface area contributed by atoms with Gasteiger partial charge in [-0.3, -0.25) is 9.59 Å². The highest BCUT2D eigenvalue weighted by Crippen LogP contribution is 2.54. The predicted octanol–water partition coefficient (Wildman–Crippen LogP) is 2.75. The number of hydrogen-bond acceptors (Lipinski definition) is 2. The van der Waals surface area contributed by atoms with E-state index in [1.807, 2.05) is 27.7 Å². The Morgan fingerprint density at radius 1 is 0.714 bits per heavy atom. The van der Waals surface area contributed by atoms with Crippen molar-refractivity contribution in [1.29, 1.82) is 0 Å². The SMILES string of the molecule is CCC1(CC)C(=O)C(CC)(CC)C1=O. The molecular weight excluding hydrogens is 176 g/mol. The maximum absolute atomic E-state index is 12.1. The van der Waals surface area contributed by atoms with Gasteiger partial charge in [0.15, 0.2) is 11.6 Å². The van der Waals surface area contributed by atoms with Gasteiger partial charge in [0, 0.05) is 0 Å². The number of carbonyl (C=O) groups is 2. The minimum Gasteiger partial charge on any atom is -0.297 e. The van der Waals surface area contributed by atoms with Crippen molar-refractivity contribution in [3.05, 3.63) is 0 Å². The quantitative estimate of drug-likeness (QED) is 0.648. The summed E-state index contributed by atoms with van der Waals surface area (Å²) < 4.78 is 0. The molecule has 0 heterocycles. The van der Waals surface area contributed by atoms with Crippen LogP contribution in [0.25, 0.3) is 0 Å².